The van der Waals surface area contributed by atoms with Crippen LogP contribution in [0.15, 0.2) is 57.7 Å². The van der Waals surface area contributed by atoms with E-state index in [-0.39, 0.29) is 6.61 Å². The van der Waals surface area contributed by atoms with E-state index >= 15 is 0 Å². The number of nitrogens with zero attached hydrogens (tertiary/aromatic N) is 2. The van der Waals surface area contributed by atoms with Crippen LogP contribution in [-0.4, -0.2) is 16.1 Å². The Kier molecular flexibility index (Phi) is 4.01. The average Bonchev–Trinajstić information content (AvgIpc) is 3.30. The van der Waals surface area contributed by atoms with Gasteiger partial charge in [0.15, 0.2) is 5.76 Å². The Morgan fingerprint density at radius 3 is 2.73 bits per heavy atom. The quantitative estimate of drug-likeness (QED) is 0.507. The van der Waals surface area contributed by atoms with Crippen LogP contribution in [0.4, 0.5) is 0 Å². The zero-order valence-electron chi connectivity index (χ0n) is 14.4. The Morgan fingerprint density at radius 1 is 1.15 bits per heavy atom. The minimum absolute atomic E-state index is 0.104. The molecule has 26 heavy (non-hydrogen) atoms. The van der Waals surface area contributed by atoms with E-state index < -0.39 is 5.97 Å². The number of para-hydroxylation sites is 1. The van der Waals surface area contributed by atoms with Crippen molar-refractivity contribution in [3.8, 4) is 11.5 Å². The topological polar surface area (TPSA) is 78.4 Å². The van der Waals surface area contributed by atoms with Crippen LogP contribution in [0, 0.1) is 13.8 Å². The molecule has 0 spiro atoms. The highest BCUT2D eigenvalue weighted by Crippen LogP contribution is 2.26. The lowest BCUT2D eigenvalue weighted by atomic mass is 10.1. The van der Waals surface area contributed by atoms with Crippen molar-refractivity contribution in [2.45, 2.75) is 20.5 Å². The number of ether oxygens (including phenoxy) is 1. The summed E-state index contributed by atoms with van der Waals surface area (Å²) in [6, 6.07) is 12.7. The second-order valence-corrected chi connectivity index (χ2v) is 5.93. The van der Waals surface area contributed by atoms with Crippen LogP contribution < -0.4 is 0 Å². The summed E-state index contributed by atoms with van der Waals surface area (Å²) in [7, 11) is 0. The van der Waals surface area contributed by atoms with Crippen LogP contribution in [0.3, 0.4) is 0 Å². The number of fused-ring (bicyclic) bond motifs is 1. The zero-order chi connectivity index (χ0) is 18.1. The number of aryl methyl sites for hydroxylation is 2. The predicted molar refractivity (Wildman–Crippen MR) is 94.5 cm³/mol. The molecule has 130 valence electrons. The van der Waals surface area contributed by atoms with Gasteiger partial charge in [0.05, 0.1) is 28.6 Å². The molecule has 0 atom stereocenters. The largest absolute Gasteiger partial charge is 0.463 e. The van der Waals surface area contributed by atoms with Gasteiger partial charge in [-0.3, -0.25) is 0 Å². The van der Waals surface area contributed by atoms with Gasteiger partial charge in [-0.25, -0.2) is 9.78 Å². The minimum Gasteiger partial charge on any atom is -0.463 e. The smallest absolute Gasteiger partial charge is 0.339 e. The van der Waals surface area contributed by atoms with Crippen molar-refractivity contribution in [3.63, 3.8) is 0 Å². The Bertz CT molecular complexity index is 1060. The molecular weight excluding hydrogens is 332 g/mol. The molecular formula is C20H16N2O4. The molecule has 0 saturated carbocycles. The Hall–Kier alpha value is -3.41. The molecule has 3 heterocycles. The molecule has 0 radical (unpaired) electrons. The van der Waals surface area contributed by atoms with Gasteiger partial charge in [0, 0.05) is 5.39 Å². The number of esters is 1. The minimum atomic E-state index is -0.434. The van der Waals surface area contributed by atoms with Crippen LogP contribution in [0.2, 0.25) is 0 Å². The third-order valence-corrected chi connectivity index (χ3v) is 4.24. The highest BCUT2D eigenvalue weighted by atomic mass is 16.5. The van der Waals surface area contributed by atoms with Crippen LogP contribution in [0.25, 0.3) is 22.4 Å². The number of carbonyl (C=O) groups is 1. The van der Waals surface area contributed by atoms with E-state index in [1.165, 1.54) is 0 Å². The molecule has 1 aromatic carbocycles. The molecule has 4 aromatic rings. The van der Waals surface area contributed by atoms with Crippen molar-refractivity contribution in [2.75, 3.05) is 0 Å². The molecule has 0 amide bonds. The number of benzene rings is 1. The van der Waals surface area contributed by atoms with Crippen LogP contribution in [0.5, 0.6) is 0 Å². The first-order valence-electron chi connectivity index (χ1n) is 8.16. The molecule has 3 aromatic heterocycles. The fourth-order valence-electron chi connectivity index (χ4n) is 2.82. The molecule has 0 fully saturated rings. The van der Waals surface area contributed by atoms with Gasteiger partial charge in [-0.05, 0) is 38.1 Å². The van der Waals surface area contributed by atoms with Gasteiger partial charge in [0.1, 0.15) is 18.1 Å². The third kappa shape index (κ3) is 2.86. The SMILES string of the molecule is Cc1noc(C)c1COC(=O)c1cc(-c2ccco2)nc2ccccc12. The summed E-state index contributed by atoms with van der Waals surface area (Å²) in [4.78, 5) is 17.3. The molecule has 0 aliphatic heterocycles. The molecule has 0 aliphatic carbocycles. The van der Waals surface area contributed by atoms with Gasteiger partial charge < -0.3 is 13.7 Å². The lowest BCUT2D eigenvalue weighted by molar-refractivity contribution is 0.0473. The van der Waals surface area contributed by atoms with Gasteiger partial charge in [-0.2, -0.15) is 0 Å². The van der Waals surface area contributed by atoms with Crippen LogP contribution in [-0.2, 0) is 11.3 Å². The lowest BCUT2D eigenvalue weighted by Crippen LogP contribution is -2.08. The second-order valence-electron chi connectivity index (χ2n) is 5.93. The summed E-state index contributed by atoms with van der Waals surface area (Å²) >= 11 is 0. The number of furan rings is 1. The summed E-state index contributed by atoms with van der Waals surface area (Å²) < 4.78 is 16.0. The van der Waals surface area contributed by atoms with Gasteiger partial charge in [-0.15, -0.1) is 0 Å². The second kappa shape index (κ2) is 6.48. The highest BCUT2D eigenvalue weighted by Gasteiger charge is 2.18. The standard InChI is InChI=1S/C20H16N2O4/c1-12-16(13(2)26-22-12)11-25-20(23)15-10-18(19-8-5-9-24-19)21-17-7-4-3-6-14(15)17/h3-10H,11H2,1-2H3. The van der Waals surface area contributed by atoms with Crippen molar-refractivity contribution in [1.29, 1.82) is 0 Å². The van der Waals surface area contributed by atoms with E-state index in [4.69, 9.17) is 13.7 Å². The molecule has 0 N–H and O–H groups in total. The first kappa shape index (κ1) is 16.1. The van der Waals surface area contributed by atoms with Crippen molar-refractivity contribution in [2.24, 2.45) is 0 Å². The zero-order valence-corrected chi connectivity index (χ0v) is 14.4. The summed E-state index contributed by atoms with van der Waals surface area (Å²) in [5, 5.41) is 4.60. The van der Waals surface area contributed by atoms with Crippen molar-refractivity contribution >= 4 is 16.9 Å². The maximum absolute atomic E-state index is 12.8. The maximum atomic E-state index is 12.8. The molecule has 0 saturated heterocycles. The van der Waals surface area contributed by atoms with E-state index in [9.17, 15) is 4.79 Å². The summed E-state index contributed by atoms with van der Waals surface area (Å²) in [5.41, 5.74) is 3.21. The summed E-state index contributed by atoms with van der Waals surface area (Å²) in [6.45, 7) is 3.71. The number of aromatic nitrogens is 2. The molecule has 6 heteroatoms. The predicted octanol–water partition coefficient (Wildman–Crippen LogP) is 4.46. The molecule has 4 rings (SSSR count). The van der Waals surface area contributed by atoms with Crippen molar-refractivity contribution < 1.29 is 18.5 Å². The molecule has 6 nitrogen and oxygen atoms in total. The Labute approximate surface area is 149 Å². The van der Waals surface area contributed by atoms with Gasteiger partial charge in [-0.1, -0.05) is 23.4 Å². The van der Waals surface area contributed by atoms with Crippen molar-refractivity contribution in [3.05, 3.63) is 71.3 Å². The van der Waals surface area contributed by atoms with E-state index in [1.807, 2.05) is 31.2 Å². The van der Waals surface area contributed by atoms with E-state index in [0.29, 0.717) is 34.0 Å². The van der Waals surface area contributed by atoms with Gasteiger partial charge in [0.25, 0.3) is 0 Å². The Balaban J connectivity index is 1.71. The molecule has 0 bridgehead atoms. The van der Waals surface area contributed by atoms with Crippen molar-refractivity contribution in [1.82, 2.24) is 10.1 Å². The lowest BCUT2D eigenvalue weighted by Gasteiger charge is -2.09. The van der Waals surface area contributed by atoms with E-state index in [2.05, 4.69) is 10.1 Å². The third-order valence-electron chi connectivity index (χ3n) is 4.24. The molecule has 0 aliphatic rings. The van der Waals surface area contributed by atoms with Gasteiger partial charge in [0.2, 0.25) is 0 Å². The van der Waals surface area contributed by atoms with E-state index in [0.717, 1.165) is 10.9 Å². The number of hydrogen-bond acceptors (Lipinski definition) is 6. The van der Waals surface area contributed by atoms with Crippen LogP contribution in [0.1, 0.15) is 27.4 Å². The normalized spacial score (nSPS) is 11.0. The summed E-state index contributed by atoms with van der Waals surface area (Å²) in [6.07, 6.45) is 1.57. The first-order chi connectivity index (χ1) is 12.6. The maximum Gasteiger partial charge on any atom is 0.339 e. The Morgan fingerprint density at radius 2 is 2.00 bits per heavy atom. The summed E-state index contributed by atoms with van der Waals surface area (Å²) in [5.74, 6) is 0.804. The monoisotopic (exact) mass is 348 g/mol. The highest BCUT2D eigenvalue weighted by molar-refractivity contribution is 6.04. The first-order valence-corrected chi connectivity index (χ1v) is 8.16. The number of rotatable bonds is 4. The van der Waals surface area contributed by atoms with Crippen LogP contribution >= 0.6 is 0 Å². The fourth-order valence-corrected chi connectivity index (χ4v) is 2.82. The fraction of sp³-hybridized carbons (Fsp3) is 0.150. The van der Waals surface area contributed by atoms with Gasteiger partial charge >= 0.3 is 5.97 Å². The molecule has 0 unspecified atom stereocenters. The number of hydrogen-bond donors (Lipinski definition) is 0. The number of carbonyl (C=O) groups excluding carboxylic acids is 1. The number of pyridine rings is 1. The average molecular weight is 348 g/mol. The van der Waals surface area contributed by atoms with E-state index in [1.54, 1.807) is 31.4 Å².